The van der Waals surface area contributed by atoms with Crippen LogP contribution in [0.4, 0.5) is 4.79 Å². The Kier molecular flexibility index (Phi) is 4.73. The highest BCUT2D eigenvalue weighted by Gasteiger charge is 2.51. The van der Waals surface area contributed by atoms with Gasteiger partial charge in [-0.3, -0.25) is 14.5 Å². The van der Waals surface area contributed by atoms with Gasteiger partial charge in [0.05, 0.1) is 0 Å². The van der Waals surface area contributed by atoms with E-state index in [1.165, 1.54) is 0 Å². The molecule has 3 rings (SSSR count). The van der Waals surface area contributed by atoms with E-state index in [4.69, 9.17) is 11.6 Å². The van der Waals surface area contributed by atoms with E-state index in [1.807, 2.05) is 6.92 Å². The molecule has 0 aromatic heterocycles. The van der Waals surface area contributed by atoms with E-state index in [0.29, 0.717) is 29.5 Å². The Morgan fingerprint density at radius 2 is 1.96 bits per heavy atom. The van der Waals surface area contributed by atoms with Crippen molar-refractivity contribution < 1.29 is 14.4 Å². The first-order valence-electron chi connectivity index (χ1n) is 8.51. The average Bonchev–Trinajstić information content (AvgIpc) is 3.37. The second kappa shape index (κ2) is 6.67. The third kappa shape index (κ3) is 3.35. The fraction of sp³-hybridized carbons (Fsp3) is 0.500. The van der Waals surface area contributed by atoms with Crippen LogP contribution in [0.5, 0.6) is 0 Å². The van der Waals surface area contributed by atoms with Gasteiger partial charge < -0.3 is 10.2 Å². The molecule has 1 aromatic carbocycles. The molecule has 0 spiro atoms. The molecule has 0 radical (unpaired) electrons. The van der Waals surface area contributed by atoms with Crippen LogP contribution in [0, 0.1) is 5.92 Å². The number of urea groups is 1. The van der Waals surface area contributed by atoms with E-state index >= 15 is 0 Å². The van der Waals surface area contributed by atoms with Crippen molar-refractivity contribution in [3.63, 3.8) is 0 Å². The van der Waals surface area contributed by atoms with Crippen LogP contribution in [0.25, 0.3) is 0 Å². The number of carbonyl (C=O) groups is 3. The number of likely N-dealkylation sites (N-methyl/N-ethyl adjacent to an activating group) is 1. The molecular formula is C18H22ClN3O3. The largest absolute Gasteiger partial charge is 0.344 e. The Labute approximate surface area is 152 Å². The summed E-state index contributed by atoms with van der Waals surface area (Å²) >= 11 is 5.92. The third-order valence-electron chi connectivity index (χ3n) is 4.99. The summed E-state index contributed by atoms with van der Waals surface area (Å²) in [5, 5.41) is 3.33. The molecule has 4 amide bonds. The van der Waals surface area contributed by atoms with E-state index in [-0.39, 0.29) is 12.5 Å². The highest BCUT2D eigenvalue weighted by molar-refractivity contribution is 6.30. The Bertz CT molecular complexity index is 702. The van der Waals surface area contributed by atoms with Crippen LogP contribution in [0.2, 0.25) is 5.02 Å². The van der Waals surface area contributed by atoms with Crippen molar-refractivity contribution in [2.24, 2.45) is 5.92 Å². The maximum absolute atomic E-state index is 13.0. The summed E-state index contributed by atoms with van der Waals surface area (Å²) in [7, 11) is 1.71. The second-order valence-corrected chi connectivity index (χ2v) is 7.24. The van der Waals surface area contributed by atoms with Crippen LogP contribution in [-0.4, -0.2) is 47.8 Å². The van der Waals surface area contributed by atoms with Gasteiger partial charge in [0.15, 0.2) is 0 Å². The maximum Gasteiger partial charge on any atom is 0.325 e. The number of hydrogen-bond acceptors (Lipinski definition) is 3. The van der Waals surface area contributed by atoms with Crippen LogP contribution >= 0.6 is 11.6 Å². The lowest BCUT2D eigenvalue weighted by Crippen LogP contribution is -2.45. The topological polar surface area (TPSA) is 69.7 Å². The molecule has 1 saturated heterocycles. The first kappa shape index (κ1) is 17.7. The lowest BCUT2D eigenvalue weighted by atomic mass is 9.87. The SMILES string of the molecule is CC[C@]1(c2ccc(Cl)cc2)NC(=O)N(CC(=O)N(C)CC2CC2)C1=O. The van der Waals surface area contributed by atoms with E-state index in [2.05, 4.69) is 5.32 Å². The number of imide groups is 1. The Balaban J connectivity index is 1.78. The Morgan fingerprint density at radius 1 is 1.32 bits per heavy atom. The minimum atomic E-state index is -1.14. The van der Waals surface area contributed by atoms with Gasteiger partial charge in [0.25, 0.3) is 5.91 Å². The molecule has 1 aliphatic carbocycles. The zero-order valence-electron chi connectivity index (χ0n) is 14.4. The molecule has 1 aromatic rings. The van der Waals surface area contributed by atoms with E-state index in [9.17, 15) is 14.4 Å². The molecule has 0 bridgehead atoms. The third-order valence-corrected chi connectivity index (χ3v) is 5.24. The fourth-order valence-corrected chi connectivity index (χ4v) is 3.32. The molecule has 1 N–H and O–H groups in total. The van der Waals surface area contributed by atoms with Crippen LogP contribution in [-0.2, 0) is 15.1 Å². The molecular weight excluding hydrogens is 342 g/mol. The summed E-state index contributed by atoms with van der Waals surface area (Å²) in [6, 6.07) is 6.30. The van der Waals surface area contributed by atoms with E-state index < -0.39 is 17.5 Å². The van der Waals surface area contributed by atoms with Gasteiger partial charge >= 0.3 is 6.03 Å². The Morgan fingerprint density at radius 3 is 2.52 bits per heavy atom. The molecule has 6 nitrogen and oxygen atoms in total. The Hall–Kier alpha value is -2.08. The molecule has 1 saturated carbocycles. The highest BCUT2D eigenvalue weighted by Crippen LogP contribution is 2.33. The normalized spacial score (nSPS) is 22.9. The standard InChI is InChI=1S/C18H22ClN3O3/c1-3-18(13-6-8-14(19)9-7-13)16(24)22(17(25)20-18)11-15(23)21(2)10-12-4-5-12/h6-9,12H,3-5,10-11H2,1-2H3,(H,20,25)/t18-/m1/s1. The molecule has 25 heavy (non-hydrogen) atoms. The lowest BCUT2D eigenvalue weighted by molar-refractivity contribution is -0.138. The van der Waals surface area contributed by atoms with Gasteiger partial charge in [0, 0.05) is 18.6 Å². The number of hydrogen-bond donors (Lipinski definition) is 1. The summed E-state index contributed by atoms with van der Waals surface area (Å²) in [6.45, 7) is 2.28. The number of rotatable bonds is 6. The van der Waals surface area contributed by atoms with E-state index in [1.54, 1.807) is 36.2 Å². The highest BCUT2D eigenvalue weighted by atomic mass is 35.5. The summed E-state index contributed by atoms with van der Waals surface area (Å²) in [5.74, 6) is -0.0604. The summed E-state index contributed by atoms with van der Waals surface area (Å²) in [6.07, 6.45) is 2.66. The van der Waals surface area contributed by atoms with Crippen LogP contribution in [0.15, 0.2) is 24.3 Å². The van der Waals surface area contributed by atoms with Crippen LogP contribution < -0.4 is 5.32 Å². The smallest absolute Gasteiger partial charge is 0.325 e. The van der Waals surface area contributed by atoms with Gasteiger partial charge in [-0.15, -0.1) is 0 Å². The number of halogens is 1. The molecule has 2 aliphatic rings. The predicted molar refractivity (Wildman–Crippen MR) is 94.0 cm³/mol. The van der Waals surface area contributed by atoms with Crippen LogP contribution in [0.3, 0.4) is 0 Å². The number of amides is 4. The summed E-state index contributed by atoms with van der Waals surface area (Å²) < 4.78 is 0. The maximum atomic E-state index is 13.0. The minimum absolute atomic E-state index is 0.224. The number of benzene rings is 1. The second-order valence-electron chi connectivity index (χ2n) is 6.80. The van der Waals surface area contributed by atoms with Gasteiger partial charge in [-0.2, -0.15) is 0 Å². The molecule has 1 atom stereocenters. The first-order chi connectivity index (χ1) is 11.9. The van der Waals surface area contributed by atoms with Crippen molar-refractivity contribution in [2.75, 3.05) is 20.1 Å². The lowest BCUT2D eigenvalue weighted by Gasteiger charge is -2.26. The molecule has 1 aliphatic heterocycles. The number of nitrogens with zero attached hydrogens (tertiary/aromatic N) is 2. The number of nitrogens with one attached hydrogen (secondary N) is 1. The quantitative estimate of drug-likeness (QED) is 0.789. The number of carbonyl (C=O) groups excluding carboxylic acids is 3. The van der Waals surface area contributed by atoms with Crippen molar-refractivity contribution >= 4 is 29.4 Å². The van der Waals surface area contributed by atoms with Crippen molar-refractivity contribution in [1.29, 1.82) is 0 Å². The van der Waals surface area contributed by atoms with Gasteiger partial charge in [-0.25, -0.2) is 4.79 Å². The van der Waals surface area contributed by atoms with Gasteiger partial charge in [-0.05, 0) is 42.9 Å². The molecule has 2 fully saturated rings. The summed E-state index contributed by atoms with van der Waals surface area (Å²) in [5.41, 5.74) is -0.476. The van der Waals surface area contributed by atoms with Crippen molar-refractivity contribution in [2.45, 2.75) is 31.7 Å². The zero-order valence-corrected chi connectivity index (χ0v) is 15.2. The molecule has 7 heteroatoms. The fourth-order valence-electron chi connectivity index (χ4n) is 3.19. The molecule has 0 unspecified atom stereocenters. The van der Waals surface area contributed by atoms with Crippen molar-refractivity contribution in [3.05, 3.63) is 34.9 Å². The van der Waals surface area contributed by atoms with Crippen molar-refractivity contribution in [1.82, 2.24) is 15.1 Å². The average molecular weight is 364 g/mol. The predicted octanol–water partition coefficient (Wildman–Crippen LogP) is 2.37. The molecule has 134 valence electrons. The van der Waals surface area contributed by atoms with Crippen molar-refractivity contribution in [3.8, 4) is 0 Å². The minimum Gasteiger partial charge on any atom is -0.344 e. The zero-order chi connectivity index (χ0) is 18.2. The van der Waals surface area contributed by atoms with E-state index in [0.717, 1.165) is 17.7 Å². The monoisotopic (exact) mass is 363 g/mol. The van der Waals surface area contributed by atoms with Gasteiger partial charge in [-0.1, -0.05) is 30.7 Å². The first-order valence-corrected chi connectivity index (χ1v) is 8.89. The summed E-state index contributed by atoms with van der Waals surface area (Å²) in [4.78, 5) is 40.4. The van der Waals surface area contributed by atoms with Gasteiger partial charge in [0.2, 0.25) is 5.91 Å². The van der Waals surface area contributed by atoms with Crippen LogP contribution in [0.1, 0.15) is 31.7 Å². The van der Waals surface area contributed by atoms with Gasteiger partial charge in [0.1, 0.15) is 12.1 Å². The molecule has 1 heterocycles.